The molecule has 0 heterocycles. The number of rotatable bonds is 0. The molecule has 0 spiro atoms. The third kappa shape index (κ3) is 4.07. The molecule has 0 bridgehead atoms. The van der Waals surface area contributed by atoms with Crippen molar-refractivity contribution in [1.29, 1.82) is 0 Å². The Morgan fingerprint density at radius 2 is 1.08 bits per heavy atom. The van der Waals surface area contributed by atoms with Crippen LogP contribution in [0, 0.1) is 0 Å². The lowest BCUT2D eigenvalue weighted by Gasteiger charge is -2.23. The smallest absolute Gasteiger partial charge is 0.113 e. The van der Waals surface area contributed by atoms with Crippen molar-refractivity contribution in [2.24, 2.45) is 5.73 Å². The molecule has 72 valence electrons. The van der Waals surface area contributed by atoms with Crippen LogP contribution in [-0.2, 0) is 0 Å². The van der Waals surface area contributed by atoms with Crippen molar-refractivity contribution in [2.75, 3.05) is 0 Å². The highest BCUT2D eigenvalue weighted by Crippen LogP contribution is 2.20. The van der Waals surface area contributed by atoms with Gasteiger partial charge in [-0.05, 0) is 25.7 Å². The summed E-state index contributed by atoms with van der Waals surface area (Å²) < 4.78 is 0. The fourth-order valence-electron chi connectivity index (χ4n) is 1.87. The maximum atomic E-state index is 9.67. The number of hydrogen-bond donors (Lipinski definition) is 2. The van der Waals surface area contributed by atoms with Crippen LogP contribution in [0.2, 0.25) is 0 Å². The Hall–Kier alpha value is -0.0800. The van der Waals surface area contributed by atoms with Gasteiger partial charge in [0.15, 0.2) is 0 Å². The SMILES string of the molecule is NC1(O)CCCCCCCCC1. The van der Waals surface area contributed by atoms with E-state index in [1.807, 2.05) is 0 Å². The lowest BCUT2D eigenvalue weighted by atomic mass is 9.95. The van der Waals surface area contributed by atoms with Gasteiger partial charge in [-0.1, -0.05) is 32.1 Å². The van der Waals surface area contributed by atoms with E-state index >= 15 is 0 Å². The van der Waals surface area contributed by atoms with E-state index < -0.39 is 5.72 Å². The molecule has 0 aromatic heterocycles. The topological polar surface area (TPSA) is 46.2 Å². The van der Waals surface area contributed by atoms with Gasteiger partial charge in [0.05, 0.1) is 0 Å². The largest absolute Gasteiger partial charge is 0.376 e. The second-order valence-corrected chi connectivity index (χ2v) is 4.08. The average molecular weight is 171 g/mol. The van der Waals surface area contributed by atoms with Gasteiger partial charge in [-0.25, -0.2) is 0 Å². The summed E-state index contributed by atoms with van der Waals surface area (Å²) in [4.78, 5) is 0. The molecule has 1 rings (SSSR count). The van der Waals surface area contributed by atoms with Crippen LogP contribution >= 0.6 is 0 Å². The maximum Gasteiger partial charge on any atom is 0.113 e. The molecule has 3 N–H and O–H groups in total. The minimum Gasteiger partial charge on any atom is -0.376 e. The van der Waals surface area contributed by atoms with Gasteiger partial charge in [0.2, 0.25) is 0 Å². The molecule has 2 heteroatoms. The van der Waals surface area contributed by atoms with Gasteiger partial charge >= 0.3 is 0 Å². The van der Waals surface area contributed by atoms with E-state index in [2.05, 4.69) is 0 Å². The molecule has 0 aromatic carbocycles. The second-order valence-electron chi connectivity index (χ2n) is 4.08. The summed E-state index contributed by atoms with van der Waals surface area (Å²) in [6.45, 7) is 0. The molecule has 1 aliphatic carbocycles. The summed E-state index contributed by atoms with van der Waals surface area (Å²) in [6, 6.07) is 0. The molecule has 0 aliphatic heterocycles. The van der Waals surface area contributed by atoms with Crippen LogP contribution in [0.1, 0.15) is 57.8 Å². The van der Waals surface area contributed by atoms with E-state index in [-0.39, 0.29) is 0 Å². The van der Waals surface area contributed by atoms with Gasteiger partial charge in [0.1, 0.15) is 5.72 Å². The molecule has 0 aromatic rings. The Morgan fingerprint density at radius 3 is 1.50 bits per heavy atom. The molecule has 0 saturated heterocycles. The highest BCUT2D eigenvalue weighted by atomic mass is 16.3. The van der Waals surface area contributed by atoms with E-state index in [0.29, 0.717) is 0 Å². The lowest BCUT2D eigenvalue weighted by Crippen LogP contribution is -2.39. The summed E-state index contributed by atoms with van der Waals surface area (Å²) in [6.07, 6.45) is 10.2. The number of aliphatic hydroxyl groups is 1. The minimum absolute atomic E-state index is 0.785. The molecule has 2 nitrogen and oxygen atoms in total. The predicted molar refractivity (Wildman–Crippen MR) is 50.7 cm³/mol. The highest BCUT2D eigenvalue weighted by Gasteiger charge is 2.19. The zero-order chi connectivity index (χ0) is 8.86. The average Bonchev–Trinajstić information content (AvgIpc) is 2.02. The Bertz CT molecular complexity index is 111. The summed E-state index contributed by atoms with van der Waals surface area (Å²) in [5.41, 5.74) is 4.86. The van der Waals surface area contributed by atoms with Crippen LogP contribution in [0.15, 0.2) is 0 Å². The monoisotopic (exact) mass is 171 g/mol. The first-order valence-electron chi connectivity index (χ1n) is 5.22. The van der Waals surface area contributed by atoms with Crippen LogP contribution in [0.5, 0.6) is 0 Å². The Morgan fingerprint density at radius 1 is 0.750 bits per heavy atom. The van der Waals surface area contributed by atoms with Crippen LogP contribution in [0.25, 0.3) is 0 Å². The summed E-state index contributed by atoms with van der Waals surface area (Å²) in [5.74, 6) is 0. The van der Waals surface area contributed by atoms with E-state index in [0.717, 1.165) is 25.7 Å². The summed E-state index contributed by atoms with van der Waals surface area (Å²) in [7, 11) is 0. The first kappa shape index (κ1) is 10.0. The number of nitrogens with two attached hydrogens (primary N) is 1. The van der Waals surface area contributed by atoms with Crippen LogP contribution in [-0.4, -0.2) is 10.8 Å². The highest BCUT2D eigenvalue weighted by molar-refractivity contribution is 4.71. The molecule has 0 radical (unpaired) electrons. The van der Waals surface area contributed by atoms with Crippen LogP contribution in [0.4, 0.5) is 0 Å². The molecule has 1 aliphatic rings. The van der Waals surface area contributed by atoms with Gasteiger partial charge in [0.25, 0.3) is 0 Å². The molecule has 12 heavy (non-hydrogen) atoms. The number of hydrogen-bond acceptors (Lipinski definition) is 2. The van der Waals surface area contributed by atoms with Gasteiger partial charge in [-0.3, -0.25) is 0 Å². The van der Waals surface area contributed by atoms with E-state index in [4.69, 9.17) is 5.73 Å². The first-order valence-corrected chi connectivity index (χ1v) is 5.22. The summed E-state index contributed by atoms with van der Waals surface area (Å²) >= 11 is 0. The van der Waals surface area contributed by atoms with Gasteiger partial charge < -0.3 is 10.8 Å². The molecule has 0 amide bonds. The van der Waals surface area contributed by atoms with Crippen molar-refractivity contribution in [2.45, 2.75) is 63.5 Å². The Labute approximate surface area is 75.2 Å². The molecule has 1 fully saturated rings. The third-order valence-corrected chi connectivity index (χ3v) is 2.72. The van der Waals surface area contributed by atoms with Gasteiger partial charge in [0, 0.05) is 0 Å². The maximum absolute atomic E-state index is 9.67. The van der Waals surface area contributed by atoms with E-state index in [1.165, 1.54) is 32.1 Å². The fourth-order valence-corrected chi connectivity index (χ4v) is 1.87. The summed E-state index contributed by atoms with van der Waals surface area (Å²) in [5, 5.41) is 9.67. The van der Waals surface area contributed by atoms with Crippen LogP contribution < -0.4 is 5.73 Å². The second kappa shape index (κ2) is 4.83. The molecule has 1 saturated carbocycles. The van der Waals surface area contributed by atoms with Crippen molar-refractivity contribution in [1.82, 2.24) is 0 Å². The van der Waals surface area contributed by atoms with Crippen molar-refractivity contribution >= 4 is 0 Å². The Balaban J connectivity index is 2.27. The molecule has 0 atom stereocenters. The van der Waals surface area contributed by atoms with Crippen molar-refractivity contribution in [3.63, 3.8) is 0 Å². The van der Waals surface area contributed by atoms with E-state index in [9.17, 15) is 5.11 Å². The van der Waals surface area contributed by atoms with Crippen LogP contribution in [0.3, 0.4) is 0 Å². The Kier molecular flexibility index (Phi) is 4.02. The van der Waals surface area contributed by atoms with Gasteiger partial charge in [-0.15, -0.1) is 0 Å². The normalized spacial score (nSPS) is 26.5. The zero-order valence-corrected chi connectivity index (χ0v) is 7.89. The van der Waals surface area contributed by atoms with Crippen molar-refractivity contribution in [3.05, 3.63) is 0 Å². The standard InChI is InChI=1S/C10H21NO/c11-10(12)8-6-4-2-1-3-5-7-9-10/h12H,1-9,11H2. The van der Waals surface area contributed by atoms with Gasteiger partial charge in [-0.2, -0.15) is 0 Å². The molecule has 0 unspecified atom stereocenters. The fraction of sp³-hybridized carbons (Fsp3) is 1.00. The van der Waals surface area contributed by atoms with E-state index in [1.54, 1.807) is 0 Å². The lowest BCUT2D eigenvalue weighted by molar-refractivity contribution is 0.0231. The quantitative estimate of drug-likeness (QED) is 0.549. The van der Waals surface area contributed by atoms with Crippen molar-refractivity contribution < 1.29 is 5.11 Å². The zero-order valence-electron chi connectivity index (χ0n) is 7.89. The predicted octanol–water partition coefficient (Wildman–Crippen LogP) is 2.16. The van der Waals surface area contributed by atoms with Crippen molar-refractivity contribution in [3.8, 4) is 0 Å². The third-order valence-electron chi connectivity index (χ3n) is 2.72. The first-order chi connectivity index (χ1) is 5.71. The molecular weight excluding hydrogens is 150 g/mol. The molecular formula is C10H21NO. The minimum atomic E-state index is -0.864.